The fourth-order valence-electron chi connectivity index (χ4n) is 5.22. The van der Waals surface area contributed by atoms with Crippen LogP contribution in [0.2, 0.25) is 0 Å². The molecule has 0 saturated carbocycles. The van der Waals surface area contributed by atoms with Gasteiger partial charge in [0.25, 0.3) is 5.91 Å². The first-order valence-electron chi connectivity index (χ1n) is 13.9. The zero-order valence-corrected chi connectivity index (χ0v) is 22.6. The predicted molar refractivity (Wildman–Crippen MR) is 149 cm³/mol. The van der Waals surface area contributed by atoms with Gasteiger partial charge in [-0.05, 0) is 50.9 Å². The van der Waals surface area contributed by atoms with Crippen LogP contribution >= 0.6 is 0 Å². The minimum Gasteiger partial charge on any atom is -0.441 e. The van der Waals surface area contributed by atoms with Gasteiger partial charge in [0.1, 0.15) is 0 Å². The van der Waals surface area contributed by atoms with Gasteiger partial charge in [0, 0.05) is 45.3 Å². The summed E-state index contributed by atoms with van der Waals surface area (Å²) in [6, 6.07) is 7.50. The second-order valence-electron chi connectivity index (χ2n) is 10.3. The number of carbonyl (C=O) groups excluding carboxylic acids is 1. The molecule has 1 aromatic heterocycles. The number of ether oxygens (including phenoxy) is 2. The third-order valence-corrected chi connectivity index (χ3v) is 7.43. The van der Waals surface area contributed by atoms with E-state index in [0.717, 1.165) is 78.2 Å². The molecule has 3 aliphatic heterocycles. The van der Waals surface area contributed by atoms with Crippen LogP contribution < -0.4 is 32.1 Å². The first-order chi connectivity index (χ1) is 19.5. The molecule has 5 rings (SSSR count). The third kappa shape index (κ3) is 7.01. The first kappa shape index (κ1) is 27.7. The molecular weight excluding hydrogens is 514 g/mol. The number of hydrogen-bond donors (Lipinski definition) is 5. The second-order valence-corrected chi connectivity index (χ2v) is 10.3. The van der Waals surface area contributed by atoms with Crippen LogP contribution in [0, 0.1) is 17.5 Å². The van der Waals surface area contributed by atoms with Gasteiger partial charge in [-0.3, -0.25) is 19.7 Å². The molecule has 2 fully saturated rings. The van der Waals surface area contributed by atoms with Crippen molar-refractivity contribution >= 4 is 23.4 Å². The zero-order chi connectivity index (χ0) is 27.9. The molecule has 0 radical (unpaired) electrons. The smallest absolute Gasteiger partial charge is 0.350 e. The summed E-state index contributed by atoms with van der Waals surface area (Å²) < 4.78 is 13.0. The number of likely N-dealkylation sites (tertiary alicyclic amines) is 1. The average Bonchev–Trinajstić information content (AvgIpc) is 2.96. The lowest BCUT2D eigenvalue weighted by molar-refractivity contribution is 0.0374. The average molecular weight is 552 g/mol. The molecule has 214 valence electrons. The number of nitrogens with zero attached hydrogens (tertiary/aromatic N) is 4. The topological polar surface area (TPSA) is 163 Å². The van der Waals surface area contributed by atoms with Crippen molar-refractivity contribution in [1.82, 2.24) is 30.0 Å². The summed E-state index contributed by atoms with van der Waals surface area (Å²) >= 11 is 0. The molecule has 3 aliphatic rings. The minimum absolute atomic E-state index is 0.00978. The highest BCUT2D eigenvalue weighted by molar-refractivity contribution is 5.95. The molecule has 1 aromatic carbocycles. The molecule has 2 aromatic rings. The monoisotopic (exact) mass is 551 g/mol. The number of anilines is 2. The van der Waals surface area contributed by atoms with Crippen LogP contribution in [-0.4, -0.2) is 96.8 Å². The number of rotatable bonds is 10. The Morgan fingerprint density at radius 3 is 2.52 bits per heavy atom. The summed E-state index contributed by atoms with van der Waals surface area (Å²) in [4.78, 5) is 34.5. The number of carbonyl (C=O) groups is 1. The Labute approximate surface area is 233 Å². The van der Waals surface area contributed by atoms with Gasteiger partial charge in [-0.25, -0.2) is 4.79 Å². The molecule has 0 atom stereocenters. The lowest BCUT2D eigenvalue weighted by Crippen LogP contribution is -2.39. The van der Waals surface area contributed by atoms with E-state index in [1.54, 1.807) is 16.8 Å². The van der Waals surface area contributed by atoms with Crippen LogP contribution in [0.4, 0.5) is 11.5 Å². The van der Waals surface area contributed by atoms with E-state index in [0.29, 0.717) is 41.7 Å². The Morgan fingerprint density at radius 2 is 1.80 bits per heavy atom. The van der Waals surface area contributed by atoms with Gasteiger partial charge < -0.3 is 36.1 Å². The Kier molecular flexibility index (Phi) is 9.00. The molecule has 0 unspecified atom stereocenters. The Balaban J connectivity index is 1.13. The van der Waals surface area contributed by atoms with E-state index in [-0.39, 0.29) is 23.6 Å². The van der Waals surface area contributed by atoms with Crippen LogP contribution in [0.25, 0.3) is 0 Å². The van der Waals surface area contributed by atoms with Crippen molar-refractivity contribution in [2.24, 2.45) is 5.73 Å². The van der Waals surface area contributed by atoms with Crippen molar-refractivity contribution in [3.05, 3.63) is 40.4 Å². The Bertz CT molecular complexity index is 1250. The second kappa shape index (κ2) is 13.0. The summed E-state index contributed by atoms with van der Waals surface area (Å²) in [7, 11) is 0. The maximum atomic E-state index is 12.9. The van der Waals surface area contributed by atoms with E-state index in [4.69, 9.17) is 20.6 Å². The number of amides is 1. The number of aromatic nitrogens is 2. The van der Waals surface area contributed by atoms with Crippen LogP contribution in [0.15, 0.2) is 17.1 Å². The summed E-state index contributed by atoms with van der Waals surface area (Å²) in [5, 5.41) is 16.1. The van der Waals surface area contributed by atoms with E-state index in [1.165, 1.54) is 0 Å². The maximum absolute atomic E-state index is 12.9. The fraction of sp³-hybridized carbons (Fsp3) is 0.556. The van der Waals surface area contributed by atoms with E-state index in [1.807, 2.05) is 0 Å². The van der Waals surface area contributed by atoms with E-state index in [9.17, 15) is 9.59 Å². The number of morpholine rings is 1. The van der Waals surface area contributed by atoms with Crippen LogP contribution in [0.5, 0.6) is 11.5 Å². The number of guanidine groups is 1. The number of nitrogens with one attached hydrogen (secondary N) is 4. The maximum Gasteiger partial charge on any atom is 0.350 e. The van der Waals surface area contributed by atoms with Gasteiger partial charge in [0.05, 0.1) is 30.7 Å². The van der Waals surface area contributed by atoms with Gasteiger partial charge in [-0.15, -0.1) is 0 Å². The minimum atomic E-state index is -0.341. The van der Waals surface area contributed by atoms with Crippen molar-refractivity contribution in [2.75, 3.05) is 70.9 Å². The van der Waals surface area contributed by atoms with Gasteiger partial charge in [0.15, 0.2) is 17.5 Å². The number of piperidine rings is 1. The van der Waals surface area contributed by atoms with Crippen molar-refractivity contribution < 1.29 is 14.3 Å². The van der Waals surface area contributed by atoms with Crippen LogP contribution in [-0.2, 0) is 4.74 Å². The Morgan fingerprint density at radius 1 is 1.10 bits per heavy atom. The number of fused-ring (bicyclic) bond motifs is 2. The molecule has 4 heterocycles. The molecule has 40 heavy (non-hydrogen) atoms. The lowest BCUT2D eigenvalue weighted by atomic mass is 10.0. The normalized spacial score (nSPS) is 17.5. The third-order valence-electron chi connectivity index (χ3n) is 7.43. The molecule has 0 spiro atoms. The summed E-state index contributed by atoms with van der Waals surface area (Å²) in [5.74, 6) is 0.913. The van der Waals surface area contributed by atoms with E-state index < -0.39 is 0 Å². The quantitative estimate of drug-likeness (QED) is 0.137. The van der Waals surface area contributed by atoms with Crippen LogP contribution in [0.1, 0.15) is 42.1 Å². The highest BCUT2D eigenvalue weighted by Crippen LogP contribution is 2.39. The van der Waals surface area contributed by atoms with E-state index in [2.05, 4.69) is 42.9 Å². The molecule has 13 heteroatoms. The van der Waals surface area contributed by atoms with Gasteiger partial charge >= 0.3 is 5.69 Å². The summed E-state index contributed by atoms with van der Waals surface area (Å²) in [6.07, 6.45) is 5.11. The summed E-state index contributed by atoms with van der Waals surface area (Å²) in [6.45, 7) is 8.17. The highest BCUT2D eigenvalue weighted by Gasteiger charge is 2.26. The highest BCUT2D eigenvalue weighted by atomic mass is 16.5. The van der Waals surface area contributed by atoms with Gasteiger partial charge in [0.2, 0.25) is 5.75 Å². The number of hydrogen-bond acceptors (Lipinski definition) is 9. The molecule has 0 aliphatic carbocycles. The molecule has 1 amide bonds. The molecule has 0 bridgehead atoms. The Hall–Kier alpha value is -3.86. The molecule has 2 saturated heterocycles. The number of nitrogens with two attached hydrogens (primary N) is 1. The molecule has 6 N–H and O–H groups in total. The van der Waals surface area contributed by atoms with Crippen molar-refractivity contribution in [1.29, 1.82) is 5.41 Å². The van der Waals surface area contributed by atoms with Gasteiger partial charge in [-0.2, -0.15) is 4.98 Å². The SMILES string of the molecule is N=C(N)NCCCN1CCC(n2cc3c(nc2=O)Nc2cc(C(=O)NCCCN4CCOCC4)c#cc2O3)CC1. The van der Waals surface area contributed by atoms with Crippen LogP contribution in [0.3, 0.4) is 0 Å². The predicted octanol–water partition coefficient (Wildman–Crippen LogP) is 0.655. The molecular formula is C27H37N9O4. The van der Waals surface area contributed by atoms with Crippen molar-refractivity contribution in [3.8, 4) is 11.5 Å². The standard InChI is InChI=1S/C27H37N9O4/c28-26(29)31-8-2-9-34-11-5-20(6-12-34)36-18-23-24(33-27(36)38)32-21-17-19(3-4-22(21)40-23)25(37)30-7-1-10-35-13-15-39-16-14-35/h17-18,20H,1-2,5-16H2,(H,30,37)(H4,28,29,31)(H,32,33,38). The van der Waals surface area contributed by atoms with Crippen molar-refractivity contribution in [2.45, 2.75) is 31.7 Å². The molecule has 13 nitrogen and oxygen atoms in total. The largest absolute Gasteiger partial charge is 0.441 e. The van der Waals surface area contributed by atoms with Gasteiger partial charge in [-0.1, -0.05) is 6.07 Å². The fourth-order valence-corrected chi connectivity index (χ4v) is 5.22. The van der Waals surface area contributed by atoms with Crippen molar-refractivity contribution in [3.63, 3.8) is 0 Å². The lowest BCUT2D eigenvalue weighted by Gasteiger charge is -2.33. The van der Waals surface area contributed by atoms with E-state index >= 15 is 0 Å². The zero-order valence-electron chi connectivity index (χ0n) is 22.6. The first-order valence-corrected chi connectivity index (χ1v) is 13.9. The summed E-state index contributed by atoms with van der Waals surface area (Å²) in [5.41, 5.74) is 5.83.